The van der Waals surface area contributed by atoms with E-state index >= 15 is 0 Å². The summed E-state index contributed by atoms with van der Waals surface area (Å²) < 4.78 is 49.4. The fraction of sp³-hybridized carbons (Fsp3) is 0. The molecule has 2 aromatic heterocycles. The van der Waals surface area contributed by atoms with Crippen molar-refractivity contribution in [1.82, 2.24) is 5.16 Å². The van der Waals surface area contributed by atoms with Crippen molar-refractivity contribution >= 4 is 27.5 Å². The van der Waals surface area contributed by atoms with Gasteiger partial charge in [0.2, 0.25) is 5.88 Å². The number of rotatable bonds is 4. The standard InChI is InChI=1S/C13H8ClFN2O4S/c14-10-5-9(1-2-11(10)15)22(18,19)17-13-6-12(16-21-13)8-3-4-20-7-8/h1-7,17H. The molecule has 2 heterocycles. The maximum Gasteiger partial charge on any atom is 0.264 e. The Kier molecular flexibility index (Phi) is 3.63. The van der Waals surface area contributed by atoms with E-state index in [4.69, 9.17) is 20.5 Å². The van der Waals surface area contributed by atoms with Crippen LogP contribution in [0.25, 0.3) is 11.3 Å². The average molecular weight is 343 g/mol. The number of sulfonamides is 1. The lowest BCUT2D eigenvalue weighted by Crippen LogP contribution is -2.12. The highest BCUT2D eigenvalue weighted by Crippen LogP contribution is 2.25. The third-order valence-corrected chi connectivity index (χ3v) is 4.40. The van der Waals surface area contributed by atoms with Gasteiger partial charge in [-0.05, 0) is 24.3 Å². The second-order valence-corrected chi connectivity index (χ2v) is 6.36. The van der Waals surface area contributed by atoms with Gasteiger partial charge < -0.3 is 8.94 Å². The third kappa shape index (κ3) is 2.83. The Hall–Kier alpha value is -2.32. The minimum Gasteiger partial charge on any atom is -0.472 e. The zero-order chi connectivity index (χ0) is 15.7. The van der Waals surface area contributed by atoms with Crippen LogP contribution in [0.15, 0.2) is 56.7 Å². The molecular weight excluding hydrogens is 335 g/mol. The van der Waals surface area contributed by atoms with Crippen molar-refractivity contribution in [2.75, 3.05) is 4.72 Å². The van der Waals surface area contributed by atoms with Crippen LogP contribution in [0.1, 0.15) is 0 Å². The van der Waals surface area contributed by atoms with Gasteiger partial charge in [0.15, 0.2) is 0 Å². The summed E-state index contributed by atoms with van der Waals surface area (Å²) in [5, 5.41) is 3.43. The highest BCUT2D eigenvalue weighted by Gasteiger charge is 2.19. The second-order valence-electron chi connectivity index (χ2n) is 4.27. The van der Waals surface area contributed by atoms with Gasteiger partial charge in [0.25, 0.3) is 10.0 Å². The zero-order valence-corrected chi connectivity index (χ0v) is 12.4. The van der Waals surface area contributed by atoms with E-state index in [0.717, 1.165) is 18.2 Å². The largest absolute Gasteiger partial charge is 0.472 e. The van der Waals surface area contributed by atoms with Gasteiger partial charge in [0.05, 0.1) is 22.4 Å². The summed E-state index contributed by atoms with van der Waals surface area (Å²) in [6.07, 6.45) is 2.89. The van der Waals surface area contributed by atoms with E-state index in [0.29, 0.717) is 11.3 Å². The number of hydrogen-bond acceptors (Lipinski definition) is 5. The van der Waals surface area contributed by atoms with E-state index in [2.05, 4.69) is 9.88 Å². The molecule has 1 N–H and O–H groups in total. The Morgan fingerprint density at radius 2 is 2.05 bits per heavy atom. The molecule has 0 amide bonds. The lowest BCUT2D eigenvalue weighted by atomic mass is 10.2. The van der Waals surface area contributed by atoms with Crippen LogP contribution in [-0.4, -0.2) is 13.6 Å². The highest BCUT2D eigenvalue weighted by molar-refractivity contribution is 7.92. The number of nitrogens with zero attached hydrogens (tertiary/aromatic N) is 1. The van der Waals surface area contributed by atoms with Gasteiger partial charge in [-0.1, -0.05) is 16.8 Å². The molecule has 0 atom stereocenters. The molecule has 9 heteroatoms. The van der Waals surface area contributed by atoms with E-state index in [9.17, 15) is 12.8 Å². The number of benzene rings is 1. The first-order valence-electron chi connectivity index (χ1n) is 5.93. The second kappa shape index (κ2) is 5.47. The predicted molar refractivity (Wildman–Crippen MR) is 76.4 cm³/mol. The van der Waals surface area contributed by atoms with Crippen LogP contribution in [0.2, 0.25) is 5.02 Å². The summed E-state index contributed by atoms with van der Waals surface area (Å²) in [5.74, 6) is -0.792. The van der Waals surface area contributed by atoms with Crippen LogP contribution in [0.5, 0.6) is 0 Å². The van der Waals surface area contributed by atoms with E-state index < -0.39 is 15.8 Å². The Labute approximate surface area is 129 Å². The normalized spacial score (nSPS) is 11.5. The highest BCUT2D eigenvalue weighted by atomic mass is 35.5. The molecule has 0 aliphatic rings. The molecule has 114 valence electrons. The molecule has 0 bridgehead atoms. The van der Waals surface area contributed by atoms with Gasteiger partial charge in [0, 0.05) is 11.6 Å². The molecule has 0 radical (unpaired) electrons. The molecule has 0 fully saturated rings. The first-order chi connectivity index (χ1) is 10.5. The number of aromatic nitrogens is 1. The maximum atomic E-state index is 13.1. The van der Waals surface area contributed by atoms with Crippen LogP contribution < -0.4 is 4.72 Å². The van der Waals surface area contributed by atoms with E-state index in [1.54, 1.807) is 6.07 Å². The van der Waals surface area contributed by atoms with Crippen molar-refractivity contribution in [3.05, 3.63) is 53.7 Å². The third-order valence-electron chi connectivity index (χ3n) is 2.76. The molecule has 0 aliphatic carbocycles. The first kappa shape index (κ1) is 14.6. The number of hydrogen-bond donors (Lipinski definition) is 1. The van der Waals surface area contributed by atoms with Crippen molar-refractivity contribution < 1.29 is 21.7 Å². The van der Waals surface area contributed by atoms with Gasteiger partial charge in [-0.2, -0.15) is 0 Å². The topological polar surface area (TPSA) is 85.3 Å². The molecule has 0 saturated carbocycles. The minimum absolute atomic E-state index is 0.0864. The van der Waals surface area contributed by atoms with Crippen molar-refractivity contribution in [2.45, 2.75) is 4.90 Å². The lowest BCUT2D eigenvalue weighted by molar-refractivity contribution is 0.438. The molecular formula is C13H8ClFN2O4S. The van der Waals surface area contributed by atoms with Crippen LogP contribution in [-0.2, 0) is 10.0 Å². The molecule has 6 nitrogen and oxygen atoms in total. The summed E-state index contributed by atoms with van der Waals surface area (Å²) in [5.41, 5.74) is 1.04. The van der Waals surface area contributed by atoms with Gasteiger partial charge in [-0.15, -0.1) is 0 Å². The van der Waals surface area contributed by atoms with Gasteiger partial charge >= 0.3 is 0 Å². The summed E-state index contributed by atoms with van der Waals surface area (Å²) in [4.78, 5) is -0.194. The summed E-state index contributed by atoms with van der Waals surface area (Å²) in [7, 11) is -3.97. The van der Waals surface area contributed by atoms with E-state index in [-0.39, 0.29) is 15.8 Å². The molecule has 1 aromatic carbocycles. The summed E-state index contributed by atoms with van der Waals surface area (Å²) >= 11 is 5.58. The smallest absolute Gasteiger partial charge is 0.264 e. The Morgan fingerprint density at radius 3 is 2.73 bits per heavy atom. The number of anilines is 1. The predicted octanol–water partition coefficient (Wildman–Crippen LogP) is 3.53. The van der Waals surface area contributed by atoms with Gasteiger partial charge in [-0.25, -0.2) is 17.5 Å². The van der Waals surface area contributed by atoms with Crippen molar-refractivity contribution in [3.8, 4) is 11.3 Å². The van der Waals surface area contributed by atoms with Crippen molar-refractivity contribution in [3.63, 3.8) is 0 Å². The number of nitrogens with one attached hydrogen (secondary N) is 1. The number of halogens is 2. The molecule has 22 heavy (non-hydrogen) atoms. The van der Waals surface area contributed by atoms with Crippen LogP contribution in [0, 0.1) is 5.82 Å². The van der Waals surface area contributed by atoms with Crippen LogP contribution in [0.4, 0.5) is 10.3 Å². The Balaban J connectivity index is 1.87. The number of furan rings is 1. The molecule has 3 rings (SSSR count). The zero-order valence-electron chi connectivity index (χ0n) is 10.8. The summed E-state index contributed by atoms with van der Waals surface area (Å²) in [6, 6.07) is 6.11. The molecule has 3 aromatic rings. The van der Waals surface area contributed by atoms with Crippen molar-refractivity contribution in [2.24, 2.45) is 0 Å². The fourth-order valence-corrected chi connectivity index (χ4v) is 2.95. The van der Waals surface area contributed by atoms with Gasteiger partial charge in [-0.3, -0.25) is 0 Å². The van der Waals surface area contributed by atoms with Crippen LogP contribution in [0.3, 0.4) is 0 Å². The summed E-state index contributed by atoms with van der Waals surface area (Å²) in [6.45, 7) is 0. The maximum absolute atomic E-state index is 13.1. The SMILES string of the molecule is O=S(=O)(Nc1cc(-c2ccoc2)no1)c1ccc(F)c(Cl)c1. The Morgan fingerprint density at radius 1 is 1.23 bits per heavy atom. The molecule has 0 saturated heterocycles. The molecule has 0 spiro atoms. The Bertz CT molecular complexity index is 906. The van der Waals surface area contributed by atoms with E-state index in [1.165, 1.54) is 18.6 Å². The first-order valence-corrected chi connectivity index (χ1v) is 7.79. The lowest BCUT2D eigenvalue weighted by Gasteiger charge is -2.05. The monoisotopic (exact) mass is 342 g/mol. The minimum atomic E-state index is -3.97. The van der Waals surface area contributed by atoms with Crippen LogP contribution >= 0.6 is 11.6 Å². The fourth-order valence-electron chi connectivity index (χ4n) is 1.70. The van der Waals surface area contributed by atoms with Crippen molar-refractivity contribution in [1.29, 1.82) is 0 Å². The molecule has 0 aliphatic heterocycles. The van der Waals surface area contributed by atoms with Gasteiger partial charge in [0.1, 0.15) is 11.5 Å². The average Bonchev–Trinajstić information content (AvgIpc) is 3.11. The van der Waals surface area contributed by atoms with E-state index in [1.807, 2.05) is 0 Å². The quantitative estimate of drug-likeness (QED) is 0.784. The molecule has 0 unspecified atom stereocenters.